The van der Waals surface area contributed by atoms with Gasteiger partial charge in [-0.05, 0) is 183 Å². The number of rotatable bonds is 4. The van der Waals surface area contributed by atoms with Gasteiger partial charge in [-0.25, -0.2) is 9.69 Å². The fourth-order valence-corrected chi connectivity index (χ4v) is 9.88. The van der Waals surface area contributed by atoms with E-state index in [2.05, 4.69) is 71.2 Å². The molecule has 0 aliphatic carbocycles. The Balaban J connectivity index is 0.000000142. The fraction of sp³-hybridized carbons (Fsp3) is 0.310. The minimum Gasteiger partial charge on any atom is -0.405 e. The quantitative estimate of drug-likeness (QED) is 0.126. The standard InChI is InChI=1S/C26H22BN3O2.C20H10BrN3.C12H24B2O4/c1-25(2)26(3,4)32-27(31-25)21-14-17(16-28)10-12-24(21)30-22-9-7-6-8-19(22)20-15-18(29-5)11-13-23(20)30;1-23-14-7-9-19-16(11-14)15-4-2-3-5-18(15)24(19)20-8-6-13(12-22)10-17(20)21;1-9(2)10(3,4)16-13(15-9)14-17-11(5,6)12(7,8)18-14/h6-15H,1-4H3;2-11H;1-8H3. The molecule has 74 heavy (non-hydrogen) atoms. The summed E-state index contributed by atoms with van der Waals surface area (Å²) in [6.07, 6.45) is 0. The molecule has 0 atom stereocenters. The zero-order valence-electron chi connectivity index (χ0n) is 43.8. The normalized spacial score (nSPS) is 18.5. The maximum Gasteiger partial charge on any atom is 0.497 e. The van der Waals surface area contributed by atoms with E-state index in [-0.39, 0.29) is 22.4 Å². The van der Waals surface area contributed by atoms with E-state index in [1.165, 1.54) is 0 Å². The molecular weight excluding hydrogens is 989 g/mol. The van der Waals surface area contributed by atoms with Gasteiger partial charge in [0.1, 0.15) is 0 Å². The Morgan fingerprint density at radius 1 is 0.446 bits per heavy atom. The zero-order chi connectivity index (χ0) is 53.3. The highest BCUT2D eigenvalue weighted by atomic mass is 79.9. The first kappa shape index (κ1) is 52.2. The number of benzene rings is 6. The second-order valence-electron chi connectivity index (χ2n) is 21.8. The predicted molar refractivity (Wildman–Crippen MR) is 299 cm³/mol. The highest BCUT2D eigenvalue weighted by molar-refractivity contribution is 9.10. The number of hydrogen-bond acceptors (Lipinski definition) is 8. The molecular formula is C58H56B3BrN6O6. The molecule has 3 fully saturated rings. The van der Waals surface area contributed by atoms with Crippen LogP contribution in [0.25, 0.3) is 64.7 Å². The Labute approximate surface area is 442 Å². The molecule has 16 heteroatoms. The van der Waals surface area contributed by atoms with Gasteiger partial charge in [0.05, 0.1) is 97.8 Å². The van der Waals surface area contributed by atoms with Gasteiger partial charge in [0.25, 0.3) is 0 Å². The van der Waals surface area contributed by atoms with Crippen molar-refractivity contribution in [2.75, 3.05) is 0 Å². The van der Waals surface area contributed by atoms with Crippen LogP contribution in [0.1, 0.15) is 94.2 Å². The lowest BCUT2D eigenvalue weighted by Gasteiger charge is -2.32. The van der Waals surface area contributed by atoms with E-state index in [0.717, 1.165) is 64.9 Å². The smallest absolute Gasteiger partial charge is 0.405 e. The summed E-state index contributed by atoms with van der Waals surface area (Å²) < 4.78 is 41.8. The number of nitrogens with zero attached hydrogens (tertiary/aromatic N) is 6. The summed E-state index contributed by atoms with van der Waals surface area (Å²) in [4.78, 5) is 7.15. The third kappa shape index (κ3) is 9.10. The Morgan fingerprint density at radius 2 is 0.811 bits per heavy atom. The Hall–Kier alpha value is -6.69. The van der Waals surface area contributed by atoms with Crippen LogP contribution in [-0.4, -0.2) is 63.9 Å². The van der Waals surface area contributed by atoms with Crippen LogP contribution < -0.4 is 5.46 Å². The van der Waals surface area contributed by atoms with Gasteiger partial charge < -0.3 is 37.1 Å². The number of halogens is 1. The van der Waals surface area contributed by atoms with Crippen LogP contribution in [0.4, 0.5) is 11.4 Å². The molecule has 0 N–H and O–H groups in total. The number of hydrogen-bond donors (Lipinski definition) is 0. The molecule has 6 aromatic carbocycles. The molecule has 0 amide bonds. The van der Waals surface area contributed by atoms with Gasteiger partial charge >= 0.3 is 21.1 Å². The van der Waals surface area contributed by atoms with Crippen molar-refractivity contribution in [1.82, 2.24) is 9.13 Å². The van der Waals surface area contributed by atoms with Crippen LogP contribution in [0.15, 0.2) is 126 Å². The Bertz CT molecular complexity index is 3640. The van der Waals surface area contributed by atoms with Crippen LogP contribution in [-0.2, 0) is 27.9 Å². The van der Waals surface area contributed by atoms with Gasteiger partial charge in [-0.1, -0.05) is 48.5 Å². The van der Waals surface area contributed by atoms with Crippen LogP contribution >= 0.6 is 15.9 Å². The van der Waals surface area contributed by atoms with Crippen molar-refractivity contribution in [1.29, 1.82) is 10.5 Å². The second kappa shape index (κ2) is 18.9. The van der Waals surface area contributed by atoms with Gasteiger partial charge in [0.2, 0.25) is 0 Å². The van der Waals surface area contributed by atoms with E-state index < -0.39 is 32.3 Å². The largest absolute Gasteiger partial charge is 0.497 e. The van der Waals surface area contributed by atoms with Crippen LogP contribution in [0.2, 0.25) is 0 Å². The minimum atomic E-state index is -0.609. The summed E-state index contributed by atoms with van der Waals surface area (Å²) in [5.74, 6) is 0. The SMILES string of the molecule is CC1(C)OB(B2OC(C)(C)C(C)(C)O2)OC1(C)C.[C-]#[N+]c1ccc2c(c1)c1ccccc1n2-c1ccc(C#N)cc1B1OC(C)(C)C(C)(C)O1.[C-]#[N+]c1ccc2c(c1)c1ccccc1n2-c1ccc(C#N)cc1Br. The molecule has 0 unspecified atom stereocenters. The maximum absolute atomic E-state index is 9.57. The summed E-state index contributed by atoms with van der Waals surface area (Å²) in [5.41, 5.74) is 6.74. The molecule has 8 aromatic rings. The van der Waals surface area contributed by atoms with E-state index in [9.17, 15) is 5.26 Å². The molecule has 0 radical (unpaired) electrons. The van der Waals surface area contributed by atoms with Crippen LogP contribution in [0.5, 0.6) is 0 Å². The molecule has 0 bridgehead atoms. The maximum atomic E-state index is 9.57. The van der Waals surface area contributed by atoms with Crippen molar-refractivity contribution in [3.05, 3.63) is 160 Å². The first-order chi connectivity index (χ1) is 34.9. The third-order valence-electron chi connectivity index (χ3n) is 15.6. The highest BCUT2D eigenvalue weighted by Gasteiger charge is 2.63. The molecule has 370 valence electrons. The fourth-order valence-electron chi connectivity index (χ4n) is 9.32. The lowest BCUT2D eigenvalue weighted by molar-refractivity contribution is 0.00578. The number of fused-ring (bicyclic) bond motifs is 6. The predicted octanol–water partition coefficient (Wildman–Crippen LogP) is 13.7. The van der Waals surface area contributed by atoms with E-state index in [1.807, 2.05) is 180 Å². The molecule has 11 rings (SSSR count). The number of aromatic nitrogens is 2. The average molecular weight is 1050 g/mol. The van der Waals surface area contributed by atoms with Gasteiger partial charge in [0, 0.05) is 26.4 Å². The summed E-state index contributed by atoms with van der Waals surface area (Å²) in [6, 6.07) is 43.4. The molecule has 0 spiro atoms. The number of nitriles is 2. The topological polar surface area (TPSA) is 122 Å². The summed E-state index contributed by atoms with van der Waals surface area (Å²) >= 11 is 3.59. The van der Waals surface area contributed by atoms with E-state index >= 15 is 0 Å². The van der Waals surface area contributed by atoms with Crippen molar-refractivity contribution in [2.24, 2.45) is 0 Å². The van der Waals surface area contributed by atoms with Crippen LogP contribution in [0.3, 0.4) is 0 Å². The average Bonchev–Trinajstić information content (AvgIpc) is 4.07. The first-order valence-corrected chi connectivity index (χ1v) is 25.3. The lowest BCUT2D eigenvalue weighted by atomic mass is 9.49. The second-order valence-corrected chi connectivity index (χ2v) is 22.7. The summed E-state index contributed by atoms with van der Waals surface area (Å²) in [7, 11) is -1.56. The highest BCUT2D eigenvalue weighted by Crippen LogP contribution is 2.44. The molecule has 3 aliphatic heterocycles. The van der Waals surface area contributed by atoms with Gasteiger partial charge in [-0.15, -0.1) is 0 Å². The van der Waals surface area contributed by atoms with Crippen LogP contribution in [0, 0.1) is 35.8 Å². The van der Waals surface area contributed by atoms with E-state index in [0.29, 0.717) is 22.5 Å². The van der Waals surface area contributed by atoms with Crippen molar-refractivity contribution in [2.45, 2.75) is 117 Å². The van der Waals surface area contributed by atoms with Crippen molar-refractivity contribution in [3.8, 4) is 23.5 Å². The lowest BCUT2D eigenvalue weighted by Crippen LogP contribution is -2.41. The molecule has 12 nitrogen and oxygen atoms in total. The molecule has 0 saturated carbocycles. The van der Waals surface area contributed by atoms with Crippen molar-refractivity contribution >= 4 is 97.5 Å². The van der Waals surface area contributed by atoms with Gasteiger partial charge in [0.15, 0.2) is 11.4 Å². The Morgan fingerprint density at radius 3 is 1.22 bits per heavy atom. The first-order valence-electron chi connectivity index (χ1n) is 24.5. The molecule has 3 saturated heterocycles. The van der Waals surface area contributed by atoms with Crippen molar-refractivity contribution in [3.63, 3.8) is 0 Å². The molecule has 2 aromatic heterocycles. The molecule has 3 aliphatic rings. The third-order valence-corrected chi connectivity index (χ3v) is 16.2. The Kier molecular flexibility index (Phi) is 13.3. The van der Waals surface area contributed by atoms with Crippen molar-refractivity contribution < 1.29 is 27.9 Å². The van der Waals surface area contributed by atoms with Gasteiger partial charge in [-0.2, -0.15) is 10.5 Å². The minimum absolute atomic E-state index is 0.360. The number of para-hydroxylation sites is 2. The zero-order valence-corrected chi connectivity index (χ0v) is 45.4. The summed E-state index contributed by atoms with van der Waals surface area (Å²) in [6.45, 7) is 39.0. The van der Waals surface area contributed by atoms with Gasteiger partial charge in [-0.3, -0.25) is 0 Å². The van der Waals surface area contributed by atoms with E-state index in [4.69, 9.17) is 46.3 Å². The molecule has 5 heterocycles. The summed E-state index contributed by atoms with van der Waals surface area (Å²) in [5, 5.41) is 22.9. The van der Waals surface area contributed by atoms with E-state index in [1.54, 1.807) is 0 Å². The monoisotopic (exact) mass is 1040 g/mol.